The van der Waals surface area contributed by atoms with E-state index in [1.807, 2.05) is 5.38 Å². The lowest BCUT2D eigenvalue weighted by molar-refractivity contribution is -0.121. The number of carbonyl (C=O) groups excluding carboxylic acids is 1. The van der Waals surface area contributed by atoms with E-state index in [1.54, 1.807) is 11.3 Å². The zero-order valence-electron chi connectivity index (χ0n) is 12.1. The molecule has 1 fully saturated rings. The van der Waals surface area contributed by atoms with E-state index >= 15 is 0 Å². The van der Waals surface area contributed by atoms with E-state index in [-0.39, 0.29) is 36.1 Å². The van der Waals surface area contributed by atoms with Crippen molar-refractivity contribution in [1.82, 2.24) is 15.6 Å². The predicted octanol–water partition coefficient (Wildman–Crippen LogP) is 2.30. The van der Waals surface area contributed by atoms with Crippen molar-refractivity contribution in [3.05, 3.63) is 16.1 Å². The van der Waals surface area contributed by atoms with Crippen LogP contribution in [0.15, 0.2) is 5.38 Å². The molecular formula is C13H23Cl2N3OS. The molecule has 0 radical (unpaired) electrons. The first-order valence-electron chi connectivity index (χ1n) is 6.40. The second kappa shape index (κ2) is 8.17. The van der Waals surface area contributed by atoms with Gasteiger partial charge in [-0.05, 0) is 13.0 Å². The number of hydrogen-bond acceptors (Lipinski definition) is 4. The van der Waals surface area contributed by atoms with Gasteiger partial charge in [0, 0.05) is 23.4 Å². The smallest absolute Gasteiger partial charge is 0.226 e. The highest BCUT2D eigenvalue weighted by molar-refractivity contribution is 7.09. The van der Waals surface area contributed by atoms with E-state index < -0.39 is 0 Å². The molecule has 2 heterocycles. The summed E-state index contributed by atoms with van der Waals surface area (Å²) in [5.41, 5.74) is 0.947. The number of thiazole rings is 1. The minimum atomic E-state index is 0. The standard InChI is InChI=1S/C13H21N3OS.2ClH/c1-13(2,3)12-16-10(8-18-12)6-11(17)15-9-4-5-14-7-9;;/h8-9,14H,4-7H2,1-3H3,(H,15,17);2*1H. The summed E-state index contributed by atoms with van der Waals surface area (Å²) >= 11 is 1.64. The van der Waals surface area contributed by atoms with Crippen molar-refractivity contribution in [1.29, 1.82) is 0 Å². The summed E-state index contributed by atoms with van der Waals surface area (Å²) in [4.78, 5) is 16.4. The molecule has 20 heavy (non-hydrogen) atoms. The molecule has 0 spiro atoms. The average molecular weight is 340 g/mol. The van der Waals surface area contributed by atoms with Crippen LogP contribution in [0.1, 0.15) is 37.9 Å². The summed E-state index contributed by atoms with van der Waals surface area (Å²) in [5.74, 6) is 0.0782. The van der Waals surface area contributed by atoms with Gasteiger partial charge in [0.05, 0.1) is 17.1 Å². The average Bonchev–Trinajstić information content (AvgIpc) is 2.87. The maximum absolute atomic E-state index is 11.9. The Morgan fingerprint density at radius 2 is 2.20 bits per heavy atom. The summed E-state index contributed by atoms with van der Waals surface area (Å²) < 4.78 is 0. The Balaban J connectivity index is 0.00000180. The minimum absolute atomic E-state index is 0. The lowest BCUT2D eigenvalue weighted by atomic mass is 9.98. The fourth-order valence-electron chi connectivity index (χ4n) is 1.95. The molecule has 2 N–H and O–H groups in total. The van der Waals surface area contributed by atoms with Crippen molar-refractivity contribution in [2.45, 2.75) is 45.1 Å². The summed E-state index contributed by atoms with van der Waals surface area (Å²) in [5, 5.41) is 9.36. The van der Waals surface area contributed by atoms with E-state index in [0.717, 1.165) is 30.2 Å². The first kappa shape index (κ1) is 19.6. The Kier molecular flexibility index (Phi) is 8.03. The van der Waals surface area contributed by atoms with Crippen LogP contribution in [0.4, 0.5) is 0 Å². The van der Waals surface area contributed by atoms with Crippen molar-refractivity contribution < 1.29 is 4.79 Å². The summed E-state index contributed by atoms with van der Waals surface area (Å²) in [7, 11) is 0. The van der Waals surface area contributed by atoms with E-state index in [9.17, 15) is 4.79 Å². The van der Waals surface area contributed by atoms with Gasteiger partial charge in [-0.3, -0.25) is 4.79 Å². The van der Waals surface area contributed by atoms with Crippen LogP contribution >= 0.6 is 36.2 Å². The molecule has 1 aromatic heterocycles. The molecule has 0 aliphatic carbocycles. The topological polar surface area (TPSA) is 54.0 Å². The third-order valence-corrected chi connectivity index (χ3v) is 4.28. The third kappa shape index (κ3) is 5.56. The molecule has 116 valence electrons. The predicted molar refractivity (Wildman–Crippen MR) is 88.4 cm³/mol. The van der Waals surface area contributed by atoms with E-state index in [1.165, 1.54) is 0 Å². The van der Waals surface area contributed by atoms with Crippen molar-refractivity contribution in [2.75, 3.05) is 13.1 Å². The largest absolute Gasteiger partial charge is 0.352 e. The number of rotatable bonds is 3. The summed E-state index contributed by atoms with van der Waals surface area (Å²) in [6.07, 6.45) is 1.42. The maximum atomic E-state index is 11.9. The molecule has 4 nitrogen and oxygen atoms in total. The van der Waals surface area contributed by atoms with Crippen molar-refractivity contribution in [2.24, 2.45) is 0 Å². The van der Waals surface area contributed by atoms with E-state index in [4.69, 9.17) is 0 Å². The zero-order chi connectivity index (χ0) is 13.2. The van der Waals surface area contributed by atoms with Gasteiger partial charge in [0.25, 0.3) is 0 Å². The van der Waals surface area contributed by atoms with Gasteiger partial charge in [0.1, 0.15) is 0 Å². The molecule has 1 atom stereocenters. The van der Waals surface area contributed by atoms with Crippen molar-refractivity contribution >= 4 is 42.1 Å². The fourth-order valence-corrected chi connectivity index (χ4v) is 2.86. The SMILES string of the molecule is CC(C)(C)c1nc(CC(=O)NC2CCNC2)cs1.Cl.Cl. The Morgan fingerprint density at radius 3 is 2.70 bits per heavy atom. The van der Waals surface area contributed by atoms with Crippen LogP contribution in [0.5, 0.6) is 0 Å². The molecular weight excluding hydrogens is 317 g/mol. The molecule has 1 unspecified atom stereocenters. The second-order valence-electron chi connectivity index (χ2n) is 5.83. The molecule has 0 aromatic carbocycles. The number of aromatic nitrogens is 1. The van der Waals surface area contributed by atoms with Crippen LogP contribution in [-0.2, 0) is 16.6 Å². The normalized spacial score (nSPS) is 18.1. The van der Waals surface area contributed by atoms with Gasteiger partial charge in [-0.15, -0.1) is 36.2 Å². The van der Waals surface area contributed by atoms with Crippen LogP contribution in [0.3, 0.4) is 0 Å². The molecule has 1 aliphatic rings. The lowest BCUT2D eigenvalue weighted by Gasteiger charge is -2.13. The maximum Gasteiger partial charge on any atom is 0.226 e. The number of nitrogens with one attached hydrogen (secondary N) is 2. The first-order chi connectivity index (χ1) is 8.45. The number of carbonyl (C=O) groups is 1. The van der Waals surface area contributed by atoms with Gasteiger partial charge in [-0.25, -0.2) is 4.98 Å². The minimum Gasteiger partial charge on any atom is -0.352 e. The van der Waals surface area contributed by atoms with Gasteiger partial charge >= 0.3 is 0 Å². The molecule has 1 amide bonds. The van der Waals surface area contributed by atoms with Gasteiger partial charge in [-0.1, -0.05) is 20.8 Å². The lowest BCUT2D eigenvalue weighted by Crippen LogP contribution is -2.37. The zero-order valence-corrected chi connectivity index (χ0v) is 14.5. The Hall–Kier alpha value is -0.360. The Labute approximate surface area is 137 Å². The van der Waals surface area contributed by atoms with Crippen LogP contribution in [-0.4, -0.2) is 30.0 Å². The summed E-state index contributed by atoms with van der Waals surface area (Å²) in [6, 6.07) is 0.290. The highest BCUT2D eigenvalue weighted by Gasteiger charge is 2.20. The van der Waals surface area contributed by atoms with E-state index in [0.29, 0.717) is 12.5 Å². The Morgan fingerprint density at radius 1 is 1.50 bits per heavy atom. The van der Waals surface area contributed by atoms with Gasteiger partial charge in [0.2, 0.25) is 5.91 Å². The molecule has 0 bridgehead atoms. The van der Waals surface area contributed by atoms with Crippen LogP contribution < -0.4 is 10.6 Å². The van der Waals surface area contributed by atoms with Gasteiger partial charge in [-0.2, -0.15) is 0 Å². The molecule has 1 saturated heterocycles. The highest BCUT2D eigenvalue weighted by atomic mass is 35.5. The number of hydrogen-bond donors (Lipinski definition) is 2. The molecule has 1 aliphatic heterocycles. The second-order valence-corrected chi connectivity index (χ2v) is 6.69. The van der Waals surface area contributed by atoms with Crippen molar-refractivity contribution in [3.63, 3.8) is 0 Å². The first-order valence-corrected chi connectivity index (χ1v) is 7.28. The van der Waals surface area contributed by atoms with Gasteiger partial charge in [0.15, 0.2) is 0 Å². The Bertz CT molecular complexity index is 425. The number of halogens is 2. The number of nitrogens with zero attached hydrogens (tertiary/aromatic N) is 1. The molecule has 0 saturated carbocycles. The quantitative estimate of drug-likeness (QED) is 0.888. The van der Waals surface area contributed by atoms with Crippen molar-refractivity contribution in [3.8, 4) is 0 Å². The molecule has 2 rings (SSSR count). The monoisotopic (exact) mass is 339 g/mol. The van der Waals surface area contributed by atoms with Gasteiger partial charge < -0.3 is 10.6 Å². The fraction of sp³-hybridized carbons (Fsp3) is 0.692. The van der Waals surface area contributed by atoms with Crippen LogP contribution in [0.2, 0.25) is 0 Å². The third-order valence-electron chi connectivity index (χ3n) is 2.96. The number of amides is 1. The summed E-state index contributed by atoms with van der Waals surface area (Å²) in [6.45, 7) is 8.30. The van der Waals surface area contributed by atoms with E-state index in [2.05, 4.69) is 36.4 Å². The highest BCUT2D eigenvalue weighted by Crippen LogP contribution is 2.25. The van der Waals surface area contributed by atoms with Crippen LogP contribution in [0, 0.1) is 0 Å². The molecule has 7 heteroatoms. The molecule has 1 aromatic rings. The van der Waals surface area contributed by atoms with Crippen LogP contribution in [0.25, 0.3) is 0 Å².